The number of carbonyl (C=O) groups is 1. The van der Waals surface area contributed by atoms with Crippen molar-refractivity contribution in [2.45, 2.75) is 17.9 Å². The second-order valence-corrected chi connectivity index (χ2v) is 9.11. The van der Waals surface area contributed by atoms with E-state index >= 15 is 0 Å². The van der Waals surface area contributed by atoms with Gasteiger partial charge in [0.25, 0.3) is 5.91 Å². The molecule has 0 spiro atoms. The van der Waals surface area contributed by atoms with Crippen LogP contribution in [0.3, 0.4) is 0 Å². The van der Waals surface area contributed by atoms with Crippen LogP contribution >= 0.6 is 0 Å². The molecule has 0 aromatic heterocycles. The summed E-state index contributed by atoms with van der Waals surface area (Å²) in [5, 5.41) is 2.80. The van der Waals surface area contributed by atoms with Gasteiger partial charge >= 0.3 is 0 Å². The van der Waals surface area contributed by atoms with Crippen LogP contribution in [0.4, 0.5) is 0 Å². The van der Waals surface area contributed by atoms with E-state index in [1.54, 1.807) is 19.1 Å². The van der Waals surface area contributed by atoms with Crippen LogP contribution in [0.1, 0.15) is 15.9 Å². The topological polar surface area (TPSA) is 94.2 Å². The van der Waals surface area contributed by atoms with E-state index in [9.17, 15) is 13.2 Å². The number of benzene rings is 2. The van der Waals surface area contributed by atoms with Gasteiger partial charge in [0.2, 0.25) is 10.0 Å². The van der Waals surface area contributed by atoms with Crippen LogP contribution < -0.4 is 14.8 Å². The lowest BCUT2D eigenvalue weighted by atomic mass is 10.1. The number of hydrogen-bond donors (Lipinski definition) is 1. The summed E-state index contributed by atoms with van der Waals surface area (Å²) >= 11 is 0. The lowest BCUT2D eigenvalue weighted by Gasteiger charge is -2.27. The molecule has 2 heterocycles. The summed E-state index contributed by atoms with van der Waals surface area (Å²) in [4.78, 5) is 12.8. The molecule has 0 bridgehead atoms. The zero-order chi connectivity index (χ0) is 21.1. The largest absolute Gasteiger partial charge is 0.486 e. The molecule has 0 unspecified atom stereocenters. The number of fused-ring (bicyclic) bond motifs is 1. The van der Waals surface area contributed by atoms with Gasteiger partial charge in [-0.3, -0.25) is 4.79 Å². The maximum atomic E-state index is 13.0. The van der Waals surface area contributed by atoms with Crippen LogP contribution in [0.2, 0.25) is 0 Å². The Bertz CT molecular complexity index is 1030. The first-order chi connectivity index (χ1) is 14.4. The fraction of sp³-hybridized carbons (Fsp3) is 0.381. The molecule has 9 heteroatoms. The normalized spacial score (nSPS) is 19.3. The van der Waals surface area contributed by atoms with Gasteiger partial charge in [0.05, 0.1) is 24.7 Å². The number of para-hydroxylation sites is 2. The van der Waals surface area contributed by atoms with E-state index in [1.807, 2.05) is 24.3 Å². The zero-order valence-corrected chi connectivity index (χ0v) is 17.5. The Hall–Kier alpha value is -2.62. The van der Waals surface area contributed by atoms with Crippen LogP contribution in [-0.4, -0.2) is 64.2 Å². The molecule has 0 radical (unpaired) electrons. The summed E-state index contributed by atoms with van der Waals surface area (Å²) in [6.45, 7) is 3.63. The van der Waals surface area contributed by atoms with Crippen LogP contribution in [0.25, 0.3) is 0 Å². The van der Waals surface area contributed by atoms with Crippen molar-refractivity contribution in [2.24, 2.45) is 0 Å². The Labute approximate surface area is 175 Å². The fourth-order valence-corrected chi connectivity index (χ4v) is 5.08. The predicted octanol–water partition coefficient (Wildman–Crippen LogP) is 1.59. The number of aryl methyl sites for hydroxylation is 1. The second-order valence-electron chi connectivity index (χ2n) is 7.20. The molecule has 160 valence electrons. The Balaban J connectivity index is 1.44. The fourth-order valence-electron chi connectivity index (χ4n) is 3.42. The molecule has 2 aromatic rings. The van der Waals surface area contributed by atoms with E-state index in [2.05, 4.69) is 5.32 Å². The number of hydrogen-bond acceptors (Lipinski definition) is 6. The summed E-state index contributed by atoms with van der Waals surface area (Å²) in [6, 6.07) is 12.1. The van der Waals surface area contributed by atoms with E-state index < -0.39 is 10.0 Å². The molecule has 4 rings (SSSR count). The number of amides is 1. The van der Waals surface area contributed by atoms with Crippen molar-refractivity contribution in [3.8, 4) is 11.5 Å². The third kappa shape index (κ3) is 4.28. The molecular weight excluding hydrogens is 408 g/mol. The van der Waals surface area contributed by atoms with E-state index in [0.717, 1.165) is 0 Å². The maximum absolute atomic E-state index is 13.0. The molecule has 0 aliphatic carbocycles. The molecule has 1 amide bonds. The monoisotopic (exact) mass is 432 g/mol. The molecule has 0 saturated carbocycles. The minimum atomic E-state index is -3.69. The van der Waals surface area contributed by atoms with Crippen molar-refractivity contribution in [1.82, 2.24) is 9.62 Å². The smallest absolute Gasteiger partial charge is 0.251 e. The molecule has 1 fully saturated rings. The Kier molecular flexibility index (Phi) is 5.94. The van der Waals surface area contributed by atoms with E-state index in [1.165, 1.54) is 10.4 Å². The molecule has 30 heavy (non-hydrogen) atoms. The van der Waals surface area contributed by atoms with Crippen molar-refractivity contribution < 1.29 is 27.4 Å². The van der Waals surface area contributed by atoms with Gasteiger partial charge in [0.15, 0.2) is 11.5 Å². The van der Waals surface area contributed by atoms with Crippen molar-refractivity contribution in [3.63, 3.8) is 0 Å². The van der Waals surface area contributed by atoms with Gasteiger partial charge in [-0.25, -0.2) is 8.42 Å². The molecule has 2 aliphatic rings. The van der Waals surface area contributed by atoms with E-state index in [4.69, 9.17) is 14.2 Å². The lowest BCUT2D eigenvalue weighted by molar-refractivity contribution is 0.0730. The Morgan fingerprint density at radius 1 is 1.13 bits per heavy atom. The first kappa shape index (κ1) is 20.6. The highest BCUT2D eigenvalue weighted by Crippen LogP contribution is 2.30. The maximum Gasteiger partial charge on any atom is 0.251 e. The number of carbonyl (C=O) groups excluding carboxylic acids is 1. The predicted molar refractivity (Wildman–Crippen MR) is 109 cm³/mol. The summed E-state index contributed by atoms with van der Waals surface area (Å²) in [6.07, 6.45) is -0.328. The molecule has 1 saturated heterocycles. The number of sulfonamides is 1. The van der Waals surface area contributed by atoms with Gasteiger partial charge in [-0.1, -0.05) is 18.2 Å². The van der Waals surface area contributed by atoms with Gasteiger partial charge in [-0.05, 0) is 36.8 Å². The standard InChI is InChI=1S/C21H24N2O6S/c1-15-6-7-16(12-20(15)30(25,26)23-8-10-27-11-9-23)21(24)22-13-17-14-28-18-4-2-3-5-19(18)29-17/h2-7,12,17H,8-11,13-14H2,1H3,(H,22,24)/t17-/m1/s1. The Morgan fingerprint density at radius 3 is 2.63 bits per heavy atom. The van der Waals surface area contributed by atoms with Crippen molar-refractivity contribution in [3.05, 3.63) is 53.6 Å². The summed E-state index contributed by atoms with van der Waals surface area (Å²) in [7, 11) is -3.69. The average Bonchev–Trinajstić information content (AvgIpc) is 2.78. The number of nitrogens with one attached hydrogen (secondary N) is 1. The molecule has 2 aliphatic heterocycles. The average molecular weight is 432 g/mol. The summed E-state index contributed by atoms with van der Waals surface area (Å²) < 4.78 is 44.1. The van der Waals surface area contributed by atoms with Crippen LogP contribution in [0, 0.1) is 6.92 Å². The van der Waals surface area contributed by atoms with Gasteiger partial charge in [-0.2, -0.15) is 4.31 Å². The van der Waals surface area contributed by atoms with Crippen molar-refractivity contribution in [2.75, 3.05) is 39.5 Å². The van der Waals surface area contributed by atoms with Gasteiger partial charge in [-0.15, -0.1) is 0 Å². The number of rotatable bonds is 5. The van der Waals surface area contributed by atoms with Gasteiger partial charge in [0, 0.05) is 18.7 Å². The van der Waals surface area contributed by atoms with Gasteiger partial charge in [0.1, 0.15) is 12.7 Å². The number of morpholine rings is 1. The Morgan fingerprint density at radius 2 is 1.87 bits per heavy atom. The third-order valence-electron chi connectivity index (χ3n) is 5.10. The summed E-state index contributed by atoms with van der Waals surface area (Å²) in [5.74, 6) is 0.949. The molecule has 2 aromatic carbocycles. The minimum absolute atomic E-state index is 0.142. The molecule has 1 N–H and O–H groups in total. The second kappa shape index (κ2) is 8.63. The van der Waals surface area contributed by atoms with Crippen LogP contribution in [0.15, 0.2) is 47.4 Å². The molecule has 8 nitrogen and oxygen atoms in total. The van der Waals surface area contributed by atoms with Crippen molar-refractivity contribution in [1.29, 1.82) is 0 Å². The van der Waals surface area contributed by atoms with E-state index in [0.29, 0.717) is 50.0 Å². The highest BCUT2D eigenvalue weighted by atomic mass is 32.2. The van der Waals surface area contributed by atoms with Gasteiger partial charge < -0.3 is 19.5 Å². The first-order valence-electron chi connectivity index (χ1n) is 9.80. The number of ether oxygens (including phenoxy) is 3. The third-order valence-corrected chi connectivity index (χ3v) is 7.14. The highest BCUT2D eigenvalue weighted by molar-refractivity contribution is 7.89. The lowest BCUT2D eigenvalue weighted by Crippen LogP contribution is -2.41. The van der Waals surface area contributed by atoms with Crippen molar-refractivity contribution >= 4 is 15.9 Å². The van der Waals surface area contributed by atoms with Crippen LogP contribution in [-0.2, 0) is 14.8 Å². The molecular formula is C21H24N2O6S. The quantitative estimate of drug-likeness (QED) is 0.771. The highest BCUT2D eigenvalue weighted by Gasteiger charge is 2.28. The minimum Gasteiger partial charge on any atom is -0.486 e. The SMILES string of the molecule is Cc1ccc(C(=O)NC[C@@H]2COc3ccccc3O2)cc1S(=O)(=O)N1CCOCC1. The van der Waals surface area contributed by atoms with E-state index in [-0.39, 0.29) is 29.0 Å². The summed E-state index contributed by atoms with van der Waals surface area (Å²) in [5.41, 5.74) is 0.878. The zero-order valence-electron chi connectivity index (χ0n) is 16.7. The molecule has 1 atom stereocenters. The number of nitrogens with zero attached hydrogens (tertiary/aromatic N) is 1. The van der Waals surface area contributed by atoms with Crippen LogP contribution in [0.5, 0.6) is 11.5 Å². The first-order valence-corrected chi connectivity index (χ1v) is 11.2.